The van der Waals surface area contributed by atoms with Gasteiger partial charge in [-0.15, -0.1) is 0 Å². The number of carbonyl (C=O) groups excluding carboxylic acids is 2. The molecule has 0 aromatic carbocycles. The van der Waals surface area contributed by atoms with Gasteiger partial charge >= 0.3 is 0 Å². The molecule has 0 bridgehead atoms. The Labute approximate surface area is 147 Å². The number of hydrogen-bond acceptors (Lipinski definition) is 2. The summed E-state index contributed by atoms with van der Waals surface area (Å²) < 4.78 is 0. The third-order valence-electron chi connectivity index (χ3n) is 5.70. The molecule has 2 amide bonds. The lowest BCUT2D eigenvalue weighted by atomic mass is 9.80. The van der Waals surface area contributed by atoms with E-state index in [2.05, 4.69) is 19.2 Å². The van der Waals surface area contributed by atoms with Crippen LogP contribution >= 0.6 is 0 Å². The van der Waals surface area contributed by atoms with E-state index < -0.39 is 0 Å². The second kappa shape index (κ2) is 10.0. The molecule has 0 aliphatic heterocycles. The zero-order valence-electron chi connectivity index (χ0n) is 15.7. The molecule has 24 heavy (non-hydrogen) atoms. The zero-order chi connectivity index (χ0) is 17.4. The van der Waals surface area contributed by atoms with Gasteiger partial charge in [-0.2, -0.15) is 0 Å². The van der Waals surface area contributed by atoms with Gasteiger partial charge in [0.1, 0.15) is 0 Å². The van der Waals surface area contributed by atoms with Gasteiger partial charge in [-0.05, 0) is 51.4 Å². The molecule has 4 nitrogen and oxygen atoms in total. The van der Waals surface area contributed by atoms with Crippen LogP contribution < -0.4 is 5.32 Å². The summed E-state index contributed by atoms with van der Waals surface area (Å²) >= 11 is 0. The molecule has 4 heteroatoms. The molecule has 0 aromatic rings. The predicted molar refractivity (Wildman–Crippen MR) is 97.6 cm³/mol. The lowest BCUT2D eigenvalue weighted by Gasteiger charge is -2.32. The first-order chi connectivity index (χ1) is 11.7. The van der Waals surface area contributed by atoms with Crippen LogP contribution in [0.4, 0.5) is 0 Å². The fourth-order valence-electron chi connectivity index (χ4n) is 4.30. The maximum atomic E-state index is 12.7. The summed E-state index contributed by atoms with van der Waals surface area (Å²) in [6.07, 6.45) is 11.6. The molecule has 2 aliphatic carbocycles. The number of hydrogen-bond donors (Lipinski definition) is 1. The maximum Gasteiger partial charge on any atom is 0.225 e. The van der Waals surface area contributed by atoms with Gasteiger partial charge in [0, 0.05) is 31.0 Å². The topological polar surface area (TPSA) is 49.4 Å². The first-order valence-corrected chi connectivity index (χ1v) is 10.2. The predicted octanol–water partition coefficient (Wildman–Crippen LogP) is 3.89. The molecule has 0 spiro atoms. The molecule has 2 rings (SSSR count). The van der Waals surface area contributed by atoms with Crippen LogP contribution in [-0.2, 0) is 9.59 Å². The first kappa shape index (κ1) is 19.3. The van der Waals surface area contributed by atoms with Crippen LogP contribution in [0, 0.1) is 11.8 Å². The summed E-state index contributed by atoms with van der Waals surface area (Å²) in [5, 5.41) is 3.26. The Morgan fingerprint density at radius 1 is 0.833 bits per heavy atom. The zero-order valence-corrected chi connectivity index (χ0v) is 15.7. The summed E-state index contributed by atoms with van der Waals surface area (Å²) in [5.41, 5.74) is 0. The van der Waals surface area contributed by atoms with Gasteiger partial charge in [0.2, 0.25) is 11.8 Å². The highest BCUT2D eigenvalue weighted by atomic mass is 16.2. The summed E-state index contributed by atoms with van der Waals surface area (Å²) in [5.74, 6) is 0.834. The van der Waals surface area contributed by atoms with Crippen molar-refractivity contribution in [2.45, 2.75) is 90.5 Å². The van der Waals surface area contributed by atoms with Crippen molar-refractivity contribution >= 4 is 11.8 Å². The van der Waals surface area contributed by atoms with Crippen molar-refractivity contribution in [3.8, 4) is 0 Å². The molecule has 0 saturated heterocycles. The van der Waals surface area contributed by atoms with E-state index in [9.17, 15) is 9.59 Å². The van der Waals surface area contributed by atoms with Crippen molar-refractivity contribution in [2.24, 2.45) is 11.8 Å². The number of nitrogens with zero attached hydrogens (tertiary/aromatic N) is 1. The van der Waals surface area contributed by atoms with Crippen molar-refractivity contribution in [3.63, 3.8) is 0 Å². The molecule has 2 aliphatic rings. The van der Waals surface area contributed by atoms with Crippen LogP contribution in [0.3, 0.4) is 0 Å². The van der Waals surface area contributed by atoms with E-state index in [1.807, 2.05) is 4.90 Å². The highest BCUT2D eigenvalue weighted by Crippen LogP contribution is 2.31. The largest absolute Gasteiger partial charge is 0.353 e. The average Bonchev–Trinajstić information content (AvgIpc) is 2.62. The van der Waals surface area contributed by atoms with E-state index in [0.717, 1.165) is 64.5 Å². The minimum atomic E-state index is 0.127. The van der Waals surface area contributed by atoms with Gasteiger partial charge in [-0.3, -0.25) is 9.59 Å². The maximum absolute atomic E-state index is 12.7. The Morgan fingerprint density at radius 2 is 1.38 bits per heavy atom. The van der Waals surface area contributed by atoms with Crippen molar-refractivity contribution < 1.29 is 9.59 Å². The molecule has 0 radical (unpaired) electrons. The monoisotopic (exact) mass is 336 g/mol. The lowest BCUT2D eigenvalue weighted by Crippen LogP contribution is -2.43. The minimum absolute atomic E-state index is 0.127. The summed E-state index contributed by atoms with van der Waals surface area (Å²) in [4.78, 5) is 27.2. The fourth-order valence-corrected chi connectivity index (χ4v) is 4.30. The average molecular weight is 337 g/mol. The number of nitrogens with one attached hydrogen (secondary N) is 1. The Bertz CT molecular complexity index is 390. The Morgan fingerprint density at radius 3 is 1.92 bits per heavy atom. The molecule has 2 saturated carbocycles. The number of carbonyl (C=O) groups is 2. The van der Waals surface area contributed by atoms with Crippen LogP contribution in [0.25, 0.3) is 0 Å². The molecular weight excluding hydrogens is 300 g/mol. The van der Waals surface area contributed by atoms with Crippen LogP contribution in [0.15, 0.2) is 0 Å². The Hall–Kier alpha value is -1.06. The first-order valence-electron chi connectivity index (χ1n) is 10.2. The normalized spacial score (nSPS) is 25.2. The van der Waals surface area contributed by atoms with Crippen LogP contribution in [0.2, 0.25) is 0 Å². The highest BCUT2D eigenvalue weighted by molar-refractivity contribution is 5.81. The number of rotatable bonds is 7. The van der Waals surface area contributed by atoms with Crippen LogP contribution in [0.5, 0.6) is 0 Å². The second-order valence-electron chi connectivity index (χ2n) is 7.72. The summed E-state index contributed by atoms with van der Waals surface area (Å²) in [7, 11) is 0. The minimum Gasteiger partial charge on any atom is -0.353 e. The van der Waals surface area contributed by atoms with Gasteiger partial charge in [0.25, 0.3) is 0 Å². The molecule has 2 fully saturated rings. The van der Waals surface area contributed by atoms with E-state index in [1.165, 1.54) is 19.3 Å². The van der Waals surface area contributed by atoms with Gasteiger partial charge in [-0.1, -0.05) is 33.1 Å². The van der Waals surface area contributed by atoms with Gasteiger partial charge < -0.3 is 10.2 Å². The molecule has 0 aromatic heterocycles. The molecular formula is C20H36N2O2. The number of amides is 2. The second-order valence-corrected chi connectivity index (χ2v) is 7.72. The standard InChI is InChI=1S/C20H36N2O2/c1-3-14-22(15-4-2)20(24)17-12-10-16(11-13-17)19(23)21-18-8-6-5-7-9-18/h16-18H,3-15H2,1-2H3,(H,21,23). The summed E-state index contributed by atoms with van der Waals surface area (Å²) in [6, 6.07) is 0.398. The SMILES string of the molecule is CCCN(CCC)C(=O)C1CCC(C(=O)NC2CCCCC2)CC1. The van der Waals surface area contributed by atoms with Crippen LogP contribution in [0.1, 0.15) is 84.5 Å². The smallest absolute Gasteiger partial charge is 0.225 e. The van der Waals surface area contributed by atoms with Crippen molar-refractivity contribution in [2.75, 3.05) is 13.1 Å². The van der Waals surface area contributed by atoms with Gasteiger partial charge in [0.15, 0.2) is 0 Å². The van der Waals surface area contributed by atoms with Crippen molar-refractivity contribution in [1.29, 1.82) is 0 Å². The third-order valence-corrected chi connectivity index (χ3v) is 5.70. The van der Waals surface area contributed by atoms with Crippen molar-refractivity contribution in [1.82, 2.24) is 10.2 Å². The van der Waals surface area contributed by atoms with E-state index in [-0.39, 0.29) is 17.7 Å². The molecule has 0 unspecified atom stereocenters. The van der Waals surface area contributed by atoms with E-state index in [4.69, 9.17) is 0 Å². The van der Waals surface area contributed by atoms with E-state index >= 15 is 0 Å². The van der Waals surface area contributed by atoms with E-state index in [1.54, 1.807) is 0 Å². The molecule has 138 valence electrons. The molecule has 0 atom stereocenters. The third kappa shape index (κ3) is 5.49. The van der Waals surface area contributed by atoms with E-state index in [0.29, 0.717) is 11.9 Å². The summed E-state index contributed by atoms with van der Waals surface area (Å²) in [6.45, 7) is 5.99. The van der Waals surface area contributed by atoms with Gasteiger partial charge in [-0.25, -0.2) is 0 Å². The Kier molecular flexibility index (Phi) is 8.07. The van der Waals surface area contributed by atoms with Gasteiger partial charge in [0.05, 0.1) is 0 Å². The highest BCUT2D eigenvalue weighted by Gasteiger charge is 2.32. The Balaban J connectivity index is 1.77. The van der Waals surface area contributed by atoms with Crippen molar-refractivity contribution in [3.05, 3.63) is 0 Å². The quantitative estimate of drug-likeness (QED) is 0.767. The molecule has 1 N–H and O–H groups in total. The van der Waals surface area contributed by atoms with Crippen LogP contribution in [-0.4, -0.2) is 35.8 Å². The fraction of sp³-hybridized carbons (Fsp3) is 0.900. The molecule has 0 heterocycles. The lowest BCUT2D eigenvalue weighted by molar-refractivity contribution is -0.138.